The van der Waals surface area contributed by atoms with Gasteiger partial charge in [-0.2, -0.15) is 5.26 Å². The molecule has 6 heteroatoms. The van der Waals surface area contributed by atoms with Gasteiger partial charge in [0.05, 0.1) is 19.0 Å². The zero-order chi connectivity index (χ0) is 14.5. The second kappa shape index (κ2) is 6.71. The van der Waals surface area contributed by atoms with Gasteiger partial charge in [-0.25, -0.2) is 0 Å². The van der Waals surface area contributed by atoms with Gasteiger partial charge in [-0.15, -0.1) is 0 Å². The van der Waals surface area contributed by atoms with Crippen molar-refractivity contribution < 1.29 is 9.59 Å². The summed E-state index contributed by atoms with van der Waals surface area (Å²) in [5.41, 5.74) is 0. The summed E-state index contributed by atoms with van der Waals surface area (Å²) in [7, 11) is 1.74. The molecule has 0 aromatic carbocycles. The molecule has 2 unspecified atom stereocenters. The van der Waals surface area contributed by atoms with E-state index < -0.39 is 0 Å². The summed E-state index contributed by atoms with van der Waals surface area (Å²) in [5.74, 6) is 0.698. The first-order chi connectivity index (χ1) is 9.60. The third kappa shape index (κ3) is 3.70. The summed E-state index contributed by atoms with van der Waals surface area (Å²) in [4.78, 5) is 27.2. The molecular weight excluding hydrogens is 256 g/mol. The van der Waals surface area contributed by atoms with E-state index in [4.69, 9.17) is 5.26 Å². The van der Waals surface area contributed by atoms with Crippen LogP contribution in [0.15, 0.2) is 0 Å². The second-order valence-electron chi connectivity index (χ2n) is 5.72. The predicted octanol–water partition coefficient (Wildman–Crippen LogP) is -0.0410. The Morgan fingerprint density at radius 2 is 2.35 bits per heavy atom. The van der Waals surface area contributed by atoms with Crippen molar-refractivity contribution in [3.8, 4) is 6.07 Å². The Hall–Kier alpha value is -1.61. The highest BCUT2D eigenvalue weighted by atomic mass is 16.2. The minimum absolute atomic E-state index is 0.0681. The predicted molar refractivity (Wildman–Crippen MR) is 73.6 cm³/mol. The topological polar surface area (TPSA) is 76.4 Å². The normalized spacial score (nSPS) is 26.3. The zero-order valence-electron chi connectivity index (χ0n) is 12.0. The fourth-order valence-electron chi connectivity index (χ4n) is 2.98. The lowest BCUT2D eigenvalue weighted by molar-refractivity contribution is -0.132. The Kier molecular flexibility index (Phi) is 4.96. The van der Waals surface area contributed by atoms with Crippen molar-refractivity contribution in [1.29, 1.82) is 5.26 Å². The Morgan fingerprint density at radius 1 is 1.55 bits per heavy atom. The van der Waals surface area contributed by atoms with Gasteiger partial charge in [-0.3, -0.25) is 14.5 Å². The molecule has 0 bridgehead atoms. The second-order valence-corrected chi connectivity index (χ2v) is 5.72. The fraction of sp³-hybridized carbons (Fsp3) is 0.786. The zero-order valence-corrected chi connectivity index (χ0v) is 12.0. The maximum atomic E-state index is 12.0. The van der Waals surface area contributed by atoms with Gasteiger partial charge < -0.3 is 10.2 Å². The van der Waals surface area contributed by atoms with Crippen molar-refractivity contribution in [2.45, 2.75) is 31.7 Å². The number of likely N-dealkylation sites (tertiary alicyclic amines) is 1. The fourth-order valence-corrected chi connectivity index (χ4v) is 2.98. The average Bonchev–Trinajstić information content (AvgIpc) is 2.44. The monoisotopic (exact) mass is 278 g/mol. The van der Waals surface area contributed by atoms with Gasteiger partial charge in [0.25, 0.3) is 0 Å². The van der Waals surface area contributed by atoms with E-state index in [1.807, 2.05) is 0 Å². The van der Waals surface area contributed by atoms with E-state index >= 15 is 0 Å². The van der Waals surface area contributed by atoms with Crippen molar-refractivity contribution in [1.82, 2.24) is 15.1 Å². The molecule has 2 atom stereocenters. The molecule has 2 rings (SSSR count). The van der Waals surface area contributed by atoms with Crippen molar-refractivity contribution in [3.05, 3.63) is 0 Å². The molecule has 2 saturated heterocycles. The number of rotatable bonds is 4. The number of carbonyl (C=O) groups is 2. The molecule has 0 aliphatic carbocycles. The Morgan fingerprint density at radius 3 is 3.10 bits per heavy atom. The first-order valence-electron chi connectivity index (χ1n) is 7.23. The molecule has 20 heavy (non-hydrogen) atoms. The lowest BCUT2D eigenvalue weighted by Gasteiger charge is -2.41. The lowest BCUT2D eigenvalue weighted by atomic mass is 9.85. The lowest BCUT2D eigenvalue weighted by Crippen LogP contribution is -2.55. The number of fused-ring (bicyclic) bond motifs is 1. The molecule has 0 aromatic rings. The van der Waals surface area contributed by atoms with E-state index in [9.17, 15) is 9.59 Å². The molecule has 2 heterocycles. The maximum Gasteiger partial charge on any atom is 0.236 e. The van der Waals surface area contributed by atoms with Crippen molar-refractivity contribution >= 4 is 11.8 Å². The largest absolute Gasteiger partial charge is 0.353 e. The molecule has 110 valence electrons. The molecular formula is C14H22N4O2. The quantitative estimate of drug-likeness (QED) is 0.783. The number of nitrogens with zero attached hydrogens (tertiary/aromatic N) is 3. The summed E-state index contributed by atoms with van der Waals surface area (Å²) in [6.45, 7) is 2.63. The van der Waals surface area contributed by atoms with E-state index in [-0.39, 0.29) is 11.8 Å². The van der Waals surface area contributed by atoms with E-state index in [1.54, 1.807) is 11.9 Å². The minimum Gasteiger partial charge on any atom is -0.353 e. The SMILES string of the molecule is CN(CCC#N)C(=O)CN1CCC2NC(=O)CCC2C1. The van der Waals surface area contributed by atoms with Crippen molar-refractivity contribution in [3.63, 3.8) is 0 Å². The Labute approximate surface area is 119 Å². The maximum absolute atomic E-state index is 12.0. The molecule has 2 aliphatic heterocycles. The Balaban J connectivity index is 1.79. The minimum atomic E-state index is 0.0681. The van der Waals surface area contributed by atoms with Crippen molar-refractivity contribution in [2.75, 3.05) is 33.2 Å². The first kappa shape index (κ1) is 14.8. The summed E-state index contributed by atoms with van der Waals surface area (Å²) in [6, 6.07) is 2.34. The van der Waals surface area contributed by atoms with Crippen molar-refractivity contribution in [2.24, 2.45) is 5.92 Å². The van der Waals surface area contributed by atoms with Gasteiger partial charge in [-0.05, 0) is 18.8 Å². The van der Waals surface area contributed by atoms with Gasteiger partial charge in [-0.1, -0.05) is 0 Å². The molecule has 2 amide bonds. The highest BCUT2D eigenvalue weighted by Gasteiger charge is 2.34. The van der Waals surface area contributed by atoms with Gasteiger partial charge in [0.1, 0.15) is 0 Å². The van der Waals surface area contributed by atoms with Crippen LogP contribution in [0.3, 0.4) is 0 Å². The van der Waals surface area contributed by atoms with Crippen LogP contribution >= 0.6 is 0 Å². The van der Waals surface area contributed by atoms with Gasteiger partial charge in [0.15, 0.2) is 0 Å². The van der Waals surface area contributed by atoms with Crippen LogP contribution < -0.4 is 5.32 Å². The average molecular weight is 278 g/mol. The van der Waals surface area contributed by atoms with Crippen LogP contribution in [0.2, 0.25) is 0 Å². The summed E-state index contributed by atoms with van der Waals surface area (Å²) in [6.07, 6.45) is 2.82. The summed E-state index contributed by atoms with van der Waals surface area (Å²) in [5, 5.41) is 11.6. The number of hydrogen-bond acceptors (Lipinski definition) is 4. The number of nitrogens with one attached hydrogen (secondary N) is 1. The molecule has 0 radical (unpaired) electrons. The molecule has 2 fully saturated rings. The molecule has 1 N–H and O–H groups in total. The molecule has 0 aromatic heterocycles. The van der Waals surface area contributed by atoms with Crippen LogP contribution in [0.4, 0.5) is 0 Å². The number of piperidine rings is 2. The van der Waals surface area contributed by atoms with Gasteiger partial charge in [0.2, 0.25) is 11.8 Å². The van der Waals surface area contributed by atoms with E-state index in [0.717, 1.165) is 25.9 Å². The summed E-state index contributed by atoms with van der Waals surface area (Å²) >= 11 is 0. The number of hydrogen-bond donors (Lipinski definition) is 1. The van der Waals surface area contributed by atoms with Gasteiger partial charge in [0, 0.05) is 39.1 Å². The molecule has 0 spiro atoms. The van der Waals surface area contributed by atoms with Crippen LogP contribution in [0, 0.1) is 17.2 Å². The Bertz CT molecular complexity index is 418. The van der Waals surface area contributed by atoms with Crippen LogP contribution in [-0.4, -0.2) is 60.9 Å². The standard InChI is InChI=1S/C14H22N4O2/c1-17(7-2-6-15)14(20)10-18-8-5-12-11(9-18)3-4-13(19)16-12/h11-12H,2-5,7-10H2,1H3,(H,16,19). The number of nitriles is 1. The van der Waals surface area contributed by atoms with Crippen LogP contribution in [0.25, 0.3) is 0 Å². The molecule has 2 aliphatic rings. The smallest absolute Gasteiger partial charge is 0.236 e. The van der Waals surface area contributed by atoms with Gasteiger partial charge >= 0.3 is 0 Å². The third-order valence-corrected chi connectivity index (χ3v) is 4.25. The van der Waals surface area contributed by atoms with E-state index in [0.29, 0.717) is 37.9 Å². The first-order valence-corrected chi connectivity index (χ1v) is 7.23. The number of likely N-dealkylation sites (N-methyl/N-ethyl adjacent to an activating group) is 1. The summed E-state index contributed by atoms with van der Waals surface area (Å²) < 4.78 is 0. The molecule has 6 nitrogen and oxygen atoms in total. The number of amides is 2. The van der Waals surface area contributed by atoms with E-state index in [1.165, 1.54) is 0 Å². The highest BCUT2D eigenvalue weighted by Crippen LogP contribution is 2.25. The van der Waals surface area contributed by atoms with Crippen LogP contribution in [0.1, 0.15) is 25.7 Å². The van der Waals surface area contributed by atoms with Crippen LogP contribution in [-0.2, 0) is 9.59 Å². The third-order valence-electron chi connectivity index (χ3n) is 4.25. The number of carbonyl (C=O) groups excluding carboxylic acids is 2. The van der Waals surface area contributed by atoms with E-state index in [2.05, 4.69) is 16.3 Å². The highest BCUT2D eigenvalue weighted by molar-refractivity contribution is 5.78. The molecule has 0 saturated carbocycles. The van der Waals surface area contributed by atoms with Crippen LogP contribution in [0.5, 0.6) is 0 Å².